The highest BCUT2D eigenvalue weighted by molar-refractivity contribution is 7.17. The van der Waals surface area contributed by atoms with E-state index in [9.17, 15) is 0 Å². The zero-order valence-corrected chi connectivity index (χ0v) is 18.1. The van der Waals surface area contributed by atoms with Crippen LogP contribution in [0.3, 0.4) is 0 Å². The molecular formula is C23H29ClN2OS. The van der Waals surface area contributed by atoms with E-state index in [2.05, 4.69) is 76.8 Å². The Bertz CT molecular complexity index is 848. The normalized spacial score (nSPS) is 16.2. The predicted molar refractivity (Wildman–Crippen MR) is 122 cm³/mol. The molecule has 1 aromatic heterocycles. The number of ether oxygens (including phenoxy) is 1. The van der Waals surface area contributed by atoms with Gasteiger partial charge in [0.15, 0.2) is 0 Å². The van der Waals surface area contributed by atoms with Crippen LogP contribution >= 0.6 is 23.7 Å². The van der Waals surface area contributed by atoms with Crippen molar-refractivity contribution in [2.45, 2.75) is 19.0 Å². The fourth-order valence-corrected chi connectivity index (χ4v) is 5.01. The van der Waals surface area contributed by atoms with Crippen LogP contribution in [-0.2, 0) is 11.3 Å². The molecule has 5 heteroatoms. The topological polar surface area (TPSA) is 15.7 Å². The summed E-state index contributed by atoms with van der Waals surface area (Å²) in [5.41, 5.74) is 2.87. The first-order valence-corrected chi connectivity index (χ1v) is 10.7. The first-order valence-electron chi connectivity index (χ1n) is 9.81. The molecule has 4 rings (SSSR count). The summed E-state index contributed by atoms with van der Waals surface area (Å²) in [7, 11) is 2.23. The number of rotatable bonds is 7. The summed E-state index contributed by atoms with van der Waals surface area (Å²) in [5, 5.41) is 3.80. The molecule has 2 aromatic carbocycles. The molecule has 1 fully saturated rings. The quantitative estimate of drug-likeness (QED) is 0.525. The lowest BCUT2D eigenvalue weighted by Crippen LogP contribution is -2.40. The summed E-state index contributed by atoms with van der Waals surface area (Å²) in [5.74, 6) is 0. The van der Waals surface area contributed by atoms with E-state index in [1.807, 2.05) is 11.3 Å². The van der Waals surface area contributed by atoms with Gasteiger partial charge in [-0.1, -0.05) is 48.5 Å². The lowest BCUT2D eigenvalue weighted by Gasteiger charge is -2.35. The van der Waals surface area contributed by atoms with Gasteiger partial charge in [0.05, 0.1) is 13.2 Å². The number of hydrogen-bond acceptors (Lipinski definition) is 4. The lowest BCUT2D eigenvalue weighted by atomic mass is 10.00. The van der Waals surface area contributed by atoms with Gasteiger partial charge < -0.3 is 9.64 Å². The number of benzene rings is 2. The van der Waals surface area contributed by atoms with Crippen LogP contribution in [0, 0.1) is 0 Å². The SMILES string of the molecule is CN(CCC(c1csc2ccccc12)N1CCOCC1)Cc1ccccc1.Cl. The molecule has 3 nitrogen and oxygen atoms in total. The van der Waals surface area contributed by atoms with E-state index >= 15 is 0 Å². The van der Waals surface area contributed by atoms with Crippen molar-refractivity contribution in [2.75, 3.05) is 39.9 Å². The van der Waals surface area contributed by atoms with Gasteiger partial charge in [0.1, 0.15) is 0 Å². The van der Waals surface area contributed by atoms with Crippen LogP contribution in [0.5, 0.6) is 0 Å². The van der Waals surface area contributed by atoms with Gasteiger partial charge in [-0.25, -0.2) is 0 Å². The Morgan fingerprint density at radius 3 is 2.54 bits per heavy atom. The Morgan fingerprint density at radius 1 is 1.04 bits per heavy atom. The predicted octanol–water partition coefficient (Wildman–Crippen LogP) is 5.22. The molecule has 1 atom stereocenters. The average molecular weight is 417 g/mol. The lowest BCUT2D eigenvalue weighted by molar-refractivity contribution is 0.0128. The first kappa shape index (κ1) is 21.3. The maximum atomic E-state index is 5.61. The van der Waals surface area contributed by atoms with Crippen molar-refractivity contribution in [3.05, 3.63) is 71.1 Å². The van der Waals surface area contributed by atoms with Crippen molar-refractivity contribution >= 4 is 33.8 Å². The molecule has 2 heterocycles. The third kappa shape index (κ3) is 5.13. The average Bonchev–Trinajstić information content (AvgIpc) is 3.14. The van der Waals surface area contributed by atoms with Crippen molar-refractivity contribution in [2.24, 2.45) is 0 Å². The fourth-order valence-electron chi connectivity index (χ4n) is 4.00. The maximum absolute atomic E-state index is 5.61. The number of nitrogens with zero attached hydrogens (tertiary/aromatic N) is 2. The molecule has 0 bridgehead atoms. The standard InChI is InChI=1S/C23H28N2OS.ClH/c1-24(17-19-7-3-2-4-8-19)12-11-22(25-13-15-26-16-14-25)21-18-27-23-10-6-5-9-20(21)23;/h2-10,18,22H,11-17H2,1H3;1H. The van der Waals surface area contributed by atoms with E-state index in [4.69, 9.17) is 4.74 Å². The Balaban J connectivity index is 0.00000225. The molecule has 0 saturated carbocycles. The molecule has 28 heavy (non-hydrogen) atoms. The Kier molecular flexibility index (Phi) is 7.89. The second kappa shape index (κ2) is 10.4. The minimum Gasteiger partial charge on any atom is -0.379 e. The Labute approximate surface area is 178 Å². The molecule has 150 valence electrons. The molecular weight excluding hydrogens is 388 g/mol. The Hall–Kier alpha value is -1.43. The highest BCUT2D eigenvalue weighted by atomic mass is 35.5. The van der Waals surface area contributed by atoms with Gasteiger partial charge in [-0.15, -0.1) is 23.7 Å². The number of morpholine rings is 1. The molecule has 3 aromatic rings. The van der Waals surface area contributed by atoms with Crippen LogP contribution in [0.4, 0.5) is 0 Å². The van der Waals surface area contributed by atoms with E-state index in [1.54, 1.807) is 0 Å². The summed E-state index contributed by atoms with van der Waals surface area (Å²) in [4.78, 5) is 5.06. The molecule has 1 saturated heterocycles. The van der Waals surface area contributed by atoms with Crippen molar-refractivity contribution in [1.29, 1.82) is 0 Å². The molecule has 1 aliphatic rings. The van der Waals surface area contributed by atoms with Crippen LogP contribution in [0.15, 0.2) is 60.0 Å². The number of halogens is 1. The molecule has 0 N–H and O–H groups in total. The van der Waals surface area contributed by atoms with Crippen LogP contribution in [0.1, 0.15) is 23.6 Å². The second-order valence-electron chi connectivity index (χ2n) is 7.36. The number of thiophene rings is 1. The summed E-state index contributed by atoms with van der Waals surface area (Å²) in [6, 6.07) is 20.0. The van der Waals surface area contributed by atoms with Gasteiger partial charge in [0.25, 0.3) is 0 Å². The van der Waals surface area contributed by atoms with Crippen LogP contribution in [-0.4, -0.2) is 49.7 Å². The van der Waals surface area contributed by atoms with Gasteiger partial charge in [-0.2, -0.15) is 0 Å². The summed E-state index contributed by atoms with van der Waals surface area (Å²) < 4.78 is 7.00. The first-order chi connectivity index (χ1) is 13.3. The minimum atomic E-state index is 0. The third-order valence-electron chi connectivity index (χ3n) is 5.44. The van der Waals surface area contributed by atoms with E-state index in [1.165, 1.54) is 21.2 Å². The van der Waals surface area contributed by atoms with Gasteiger partial charge in [-0.3, -0.25) is 4.90 Å². The number of hydrogen-bond donors (Lipinski definition) is 0. The van der Waals surface area contributed by atoms with Gasteiger partial charge in [0, 0.05) is 30.4 Å². The maximum Gasteiger partial charge on any atom is 0.0594 e. The number of fused-ring (bicyclic) bond motifs is 1. The minimum absolute atomic E-state index is 0. The van der Waals surface area contributed by atoms with E-state index < -0.39 is 0 Å². The fraction of sp³-hybridized carbons (Fsp3) is 0.391. The summed E-state index contributed by atoms with van der Waals surface area (Å²) in [6.07, 6.45) is 1.14. The zero-order chi connectivity index (χ0) is 18.5. The zero-order valence-electron chi connectivity index (χ0n) is 16.4. The van der Waals surface area contributed by atoms with E-state index in [0.717, 1.165) is 45.8 Å². The molecule has 0 amide bonds. The van der Waals surface area contributed by atoms with E-state index in [0.29, 0.717) is 6.04 Å². The highest BCUT2D eigenvalue weighted by Crippen LogP contribution is 2.35. The molecule has 1 aliphatic heterocycles. The molecule has 0 radical (unpaired) electrons. The van der Waals surface area contributed by atoms with E-state index in [-0.39, 0.29) is 12.4 Å². The van der Waals surface area contributed by atoms with Crippen molar-refractivity contribution < 1.29 is 4.74 Å². The molecule has 0 spiro atoms. The van der Waals surface area contributed by atoms with Crippen molar-refractivity contribution in [3.63, 3.8) is 0 Å². The van der Waals surface area contributed by atoms with Crippen LogP contribution in [0.2, 0.25) is 0 Å². The van der Waals surface area contributed by atoms with Crippen molar-refractivity contribution in [1.82, 2.24) is 9.80 Å². The molecule has 0 aliphatic carbocycles. The summed E-state index contributed by atoms with van der Waals surface area (Å²) >= 11 is 1.87. The molecule has 1 unspecified atom stereocenters. The summed E-state index contributed by atoms with van der Waals surface area (Å²) in [6.45, 7) is 5.83. The Morgan fingerprint density at radius 2 is 1.75 bits per heavy atom. The largest absolute Gasteiger partial charge is 0.379 e. The third-order valence-corrected chi connectivity index (χ3v) is 6.42. The monoisotopic (exact) mass is 416 g/mol. The second-order valence-corrected chi connectivity index (χ2v) is 8.27. The van der Waals surface area contributed by atoms with Gasteiger partial charge >= 0.3 is 0 Å². The smallest absolute Gasteiger partial charge is 0.0594 e. The highest BCUT2D eigenvalue weighted by Gasteiger charge is 2.25. The van der Waals surface area contributed by atoms with Crippen molar-refractivity contribution in [3.8, 4) is 0 Å². The van der Waals surface area contributed by atoms with Crippen LogP contribution in [0.25, 0.3) is 10.1 Å². The van der Waals surface area contributed by atoms with Crippen LogP contribution < -0.4 is 0 Å². The van der Waals surface area contributed by atoms with Gasteiger partial charge in [0.2, 0.25) is 0 Å². The van der Waals surface area contributed by atoms with Gasteiger partial charge in [-0.05, 0) is 48.0 Å².